The van der Waals surface area contributed by atoms with E-state index in [-0.39, 0.29) is 6.03 Å². The van der Waals surface area contributed by atoms with Crippen LogP contribution in [0.4, 0.5) is 4.79 Å². The van der Waals surface area contributed by atoms with E-state index in [9.17, 15) is 4.79 Å². The SMILES string of the molecule is Cc1cccc(CN2CCN(C(=O)NCCCc3ccccc3)CC2)c1. The van der Waals surface area contributed by atoms with Gasteiger partial charge in [0, 0.05) is 39.3 Å². The molecule has 4 heteroatoms. The van der Waals surface area contributed by atoms with Gasteiger partial charge in [0.15, 0.2) is 0 Å². The third-order valence-corrected chi connectivity index (χ3v) is 4.91. The van der Waals surface area contributed by atoms with Crippen molar-refractivity contribution in [3.63, 3.8) is 0 Å². The number of hydrogen-bond donors (Lipinski definition) is 1. The second-order valence-corrected chi connectivity index (χ2v) is 7.07. The number of nitrogens with zero attached hydrogens (tertiary/aromatic N) is 2. The maximum Gasteiger partial charge on any atom is 0.317 e. The van der Waals surface area contributed by atoms with Crippen molar-refractivity contribution in [3.8, 4) is 0 Å². The summed E-state index contributed by atoms with van der Waals surface area (Å²) in [5, 5.41) is 3.06. The fourth-order valence-electron chi connectivity index (χ4n) is 3.42. The number of benzene rings is 2. The molecule has 0 aliphatic carbocycles. The highest BCUT2D eigenvalue weighted by Crippen LogP contribution is 2.10. The van der Waals surface area contributed by atoms with Crippen LogP contribution in [0.15, 0.2) is 54.6 Å². The van der Waals surface area contributed by atoms with Crippen molar-refractivity contribution in [2.45, 2.75) is 26.3 Å². The number of piperazine rings is 1. The molecular weight excluding hydrogens is 322 g/mol. The van der Waals surface area contributed by atoms with Crippen LogP contribution in [0.2, 0.25) is 0 Å². The highest BCUT2D eigenvalue weighted by atomic mass is 16.2. The van der Waals surface area contributed by atoms with Gasteiger partial charge in [0.25, 0.3) is 0 Å². The van der Waals surface area contributed by atoms with Crippen molar-refractivity contribution < 1.29 is 4.79 Å². The molecule has 3 rings (SSSR count). The van der Waals surface area contributed by atoms with Crippen molar-refractivity contribution in [3.05, 3.63) is 71.3 Å². The summed E-state index contributed by atoms with van der Waals surface area (Å²) in [6.45, 7) is 7.30. The summed E-state index contributed by atoms with van der Waals surface area (Å²) in [6, 6.07) is 19.2. The highest BCUT2D eigenvalue weighted by Gasteiger charge is 2.20. The van der Waals surface area contributed by atoms with E-state index in [0.29, 0.717) is 0 Å². The van der Waals surface area contributed by atoms with Gasteiger partial charge in [0.1, 0.15) is 0 Å². The zero-order chi connectivity index (χ0) is 18.2. The number of amides is 2. The lowest BCUT2D eigenvalue weighted by molar-refractivity contribution is 0.135. The van der Waals surface area contributed by atoms with Gasteiger partial charge in [-0.3, -0.25) is 4.90 Å². The average Bonchev–Trinajstić information content (AvgIpc) is 2.66. The number of hydrogen-bond acceptors (Lipinski definition) is 2. The standard InChI is InChI=1S/C22H29N3O/c1-19-7-5-10-21(17-19)18-24-13-15-25(16-14-24)22(26)23-12-6-11-20-8-3-2-4-9-20/h2-5,7-10,17H,6,11-16,18H2,1H3,(H,23,26). The summed E-state index contributed by atoms with van der Waals surface area (Å²) in [5.74, 6) is 0. The summed E-state index contributed by atoms with van der Waals surface area (Å²) in [5.41, 5.74) is 3.98. The molecule has 138 valence electrons. The maximum absolute atomic E-state index is 12.3. The number of carbonyl (C=O) groups is 1. The van der Waals surface area contributed by atoms with Crippen molar-refractivity contribution in [2.24, 2.45) is 0 Å². The zero-order valence-corrected chi connectivity index (χ0v) is 15.7. The number of nitrogens with one attached hydrogen (secondary N) is 1. The molecule has 26 heavy (non-hydrogen) atoms. The third kappa shape index (κ3) is 5.60. The minimum absolute atomic E-state index is 0.0771. The molecule has 2 aromatic carbocycles. The van der Waals surface area contributed by atoms with E-state index in [2.05, 4.69) is 65.7 Å². The average molecular weight is 351 g/mol. The molecule has 1 fully saturated rings. The van der Waals surface area contributed by atoms with Gasteiger partial charge in [-0.25, -0.2) is 4.79 Å². The van der Waals surface area contributed by atoms with Crippen molar-refractivity contribution >= 4 is 6.03 Å². The lowest BCUT2D eigenvalue weighted by atomic mass is 10.1. The molecule has 2 aromatic rings. The van der Waals surface area contributed by atoms with Crippen LogP contribution in [-0.2, 0) is 13.0 Å². The Morgan fingerprint density at radius 2 is 1.69 bits per heavy atom. The number of aryl methyl sites for hydroxylation is 2. The minimum atomic E-state index is 0.0771. The molecule has 1 aliphatic rings. The van der Waals surface area contributed by atoms with Crippen LogP contribution in [0, 0.1) is 6.92 Å². The highest BCUT2D eigenvalue weighted by molar-refractivity contribution is 5.74. The smallest absolute Gasteiger partial charge is 0.317 e. The van der Waals surface area contributed by atoms with Crippen molar-refractivity contribution in [1.82, 2.24) is 15.1 Å². The summed E-state index contributed by atoms with van der Waals surface area (Å²) < 4.78 is 0. The Labute approximate surface area is 156 Å². The summed E-state index contributed by atoms with van der Waals surface area (Å²) in [7, 11) is 0. The monoisotopic (exact) mass is 351 g/mol. The van der Waals surface area contributed by atoms with E-state index in [0.717, 1.165) is 52.1 Å². The summed E-state index contributed by atoms with van der Waals surface area (Å²) in [4.78, 5) is 16.7. The fourth-order valence-corrected chi connectivity index (χ4v) is 3.42. The summed E-state index contributed by atoms with van der Waals surface area (Å²) >= 11 is 0. The molecule has 2 amide bonds. The first-order chi connectivity index (χ1) is 12.7. The van der Waals surface area contributed by atoms with Crippen LogP contribution in [0.25, 0.3) is 0 Å². The Balaban J connectivity index is 1.34. The third-order valence-electron chi connectivity index (χ3n) is 4.91. The van der Waals surface area contributed by atoms with Crippen LogP contribution in [-0.4, -0.2) is 48.6 Å². The predicted octanol–water partition coefficient (Wildman–Crippen LogP) is 3.46. The van der Waals surface area contributed by atoms with E-state index in [4.69, 9.17) is 0 Å². The predicted molar refractivity (Wildman–Crippen MR) is 106 cm³/mol. The van der Waals surface area contributed by atoms with Crippen LogP contribution in [0.5, 0.6) is 0 Å². The van der Waals surface area contributed by atoms with Gasteiger partial charge in [0.2, 0.25) is 0 Å². The summed E-state index contributed by atoms with van der Waals surface area (Å²) in [6.07, 6.45) is 1.98. The van der Waals surface area contributed by atoms with Crippen molar-refractivity contribution in [1.29, 1.82) is 0 Å². The van der Waals surface area contributed by atoms with Crippen LogP contribution in [0.3, 0.4) is 0 Å². The minimum Gasteiger partial charge on any atom is -0.338 e. The molecule has 1 aliphatic heterocycles. The largest absolute Gasteiger partial charge is 0.338 e. The van der Waals surface area contributed by atoms with E-state index >= 15 is 0 Å². The van der Waals surface area contributed by atoms with E-state index in [1.807, 2.05) is 11.0 Å². The topological polar surface area (TPSA) is 35.6 Å². The fraction of sp³-hybridized carbons (Fsp3) is 0.409. The Kier molecular flexibility index (Phi) is 6.67. The molecule has 0 radical (unpaired) electrons. The maximum atomic E-state index is 12.3. The molecule has 0 spiro atoms. The normalized spacial score (nSPS) is 15.0. The molecule has 0 saturated carbocycles. The van der Waals surface area contributed by atoms with E-state index in [1.54, 1.807) is 0 Å². The van der Waals surface area contributed by atoms with Gasteiger partial charge in [-0.2, -0.15) is 0 Å². The molecule has 1 saturated heterocycles. The van der Waals surface area contributed by atoms with Gasteiger partial charge < -0.3 is 10.2 Å². The first-order valence-electron chi connectivity index (χ1n) is 9.55. The van der Waals surface area contributed by atoms with Crippen LogP contribution >= 0.6 is 0 Å². The Morgan fingerprint density at radius 1 is 0.962 bits per heavy atom. The van der Waals surface area contributed by atoms with Gasteiger partial charge >= 0.3 is 6.03 Å². The van der Waals surface area contributed by atoms with Crippen molar-refractivity contribution in [2.75, 3.05) is 32.7 Å². The van der Waals surface area contributed by atoms with E-state index in [1.165, 1.54) is 16.7 Å². The van der Waals surface area contributed by atoms with Gasteiger partial charge in [-0.05, 0) is 30.9 Å². The molecule has 0 unspecified atom stereocenters. The number of carbonyl (C=O) groups excluding carboxylic acids is 1. The van der Waals surface area contributed by atoms with Gasteiger partial charge in [0.05, 0.1) is 0 Å². The first kappa shape index (κ1) is 18.5. The molecule has 0 bridgehead atoms. The quantitative estimate of drug-likeness (QED) is 0.809. The second kappa shape index (κ2) is 9.39. The lowest BCUT2D eigenvalue weighted by Crippen LogP contribution is -2.51. The van der Waals surface area contributed by atoms with Crippen LogP contribution < -0.4 is 5.32 Å². The lowest BCUT2D eigenvalue weighted by Gasteiger charge is -2.34. The molecular formula is C22H29N3O. The molecule has 4 nitrogen and oxygen atoms in total. The van der Waals surface area contributed by atoms with E-state index < -0.39 is 0 Å². The number of rotatable bonds is 6. The second-order valence-electron chi connectivity index (χ2n) is 7.07. The Morgan fingerprint density at radius 3 is 2.42 bits per heavy atom. The molecule has 1 N–H and O–H groups in total. The molecule has 1 heterocycles. The Hall–Kier alpha value is -2.33. The number of urea groups is 1. The Bertz CT molecular complexity index is 694. The molecule has 0 aromatic heterocycles. The zero-order valence-electron chi connectivity index (χ0n) is 15.7. The first-order valence-corrected chi connectivity index (χ1v) is 9.55. The van der Waals surface area contributed by atoms with Crippen LogP contribution in [0.1, 0.15) is 23.1 Å². The van der Waals surface area contributed by atoms with Gasteiger partial charge in [-0.1, -0.05) is 60.2 Å². The van der Waals surface area contributed by atoms with Gasteiger partial charge in [-0.15, -0.1) is 0 Å². The molecule has 0 atom stereocenters.